The molecule has 6 heteroatoms. The predicted molar refractivity (Wildman–Crippen MR) is 78.7 cm³/mol. The number of methoxy groups -OCH3 is 1. The molecule has 0 saturated heterocycles. The van der Waals surface area contributed by atoms with E-state index in [0.29, 0.717) is 24.4 Å². The molecule has 0 aliphatic rings. The van der Waals surface area contributed by atoms with E-state index in [0.717, 1.165) is 0 Å². The number of benzene rings is 1. The number of Topliss-reactive ketones (excluding diaryl/α,β-unsaturated/α-hetero) is 1. The van der Waals surface area contributed by atoms with Gasteiger partial charge in [0, 0.05) is 31.1 Å². The molecule has 21 heavy (non-hydrogen) atoms. The summed E-state index contributed by atoms with van der Waals surface area (Å²) < 4.78 is 4.84. The standard InChI is InChI=1S/C15H17N3O3/c1-11(19)12-3-5-14(6-4-12)18-15(20)13(9-16)10-17-7-8-21-2/h3-6,10,17H,7-8H2,1-2H3,(H,18,20)/b13-10-. The Balaban J connectivity index is 2.65. The predicted octanol–water partition coefficient (Wildman–Crippen LogP) is 1.47. The minimum Gasteiger partial charge on any atom is -0.387 e. The van der Waals surface area contributed by atoms with Gasteiger partial charge in [-0.2, -0.15) is 5.26 Å². The molecule has 1 aromatic carbocycles. The fourth-order valence-corrected chi connectivity index (χ4v) is 1.47. The molecule has 0 spiro atoms. The summed E-state index contributed by atoms with van der Waals surface area (Å²) in [6.45, 7) is 2.45. The van der Waals surface area contributed by atoms with Crippen LogP contribution in [0.2, 0.25) is 0 Å². The highest BCUT2D eigenvalue weighted by molar-refractivity contribution is 6.06. The van der Waals surface area contributed by atoms with Crippen LogP contribution in [0.3, 0.4) is 0 Å². The van der Waals surface area contributed by atoms with Crippen LogP contribution in [0, 0.1) is 11.3 Å². The van der Waals surface area contributed by atoms with Crippen molar-refractivity contribution in [2.75, 3.05) is 25.6 Å². The van der Waals surface area contributed by atoms with Crippen LogP contribution in [0.1, 0.15) is 17.3 Å². The van der Waals surface area contributed by atoms with Gasteiger partial charge in [-0.15, -0.1) is 0 Å². The molecule has 0 aliphatic carbocycles. The summed E-state index contributed by atoms with van der Waals surface area (Å²) in [7, 11) is 1.56. The molecule has 1 aromatic rings. The van der Waals surface area contributed by atoms with Crippen LogP contribution in [0.4, 0.5) is 5.69 Å². The molecule has 1 rings (SSSR count). The van der Waals surface area contributed by atoms with Crippen LogP contribution in [0.25, 0.3) is 0 Å². The van der Waals surface area contributed by atoms with Crippen LogP contribution >= 0.6 is 0 Å². The number of hydrogen-bond acceptors (Lipinski definition) is 5. The van der Waals surface area contributed by atoms with E-state index in [1.165, 1.54) is 13.1 Å². The molecule has 0 aromatic heterocycles. The van der Waals surface area contributed by atoms with E-state index in [1.807, 2.05) is 6.07 Å². The van der Waals surface area contributed by atoms with Crippen molar-refractivity contribution in [1.82, 2.24) is 5.32 Å². The topological polar surface area (TPSA) is 91.2 Å². The molecule has 0 unspecified atom stereocenters. The molecule has 110 valence electrons. The Kier molecular flexibility index (Phi) is 6.65. The molecule has 0 bridgehead atoms. The number of nitrogens with one attached hydrogen (secondary N) is 2. The summed E-state index contributed by atoms with van der Waals surface area (Å²) in [6.07, 6.45) is 1.35. The number of nitrogens with zero attached hydrogens (tertiary/aromatic N) is 1. The number of hydrogen-bond donors (Lipinski definition) is 2. The fourth-order valence-electron chi connectivity index (χ4n) is 1.47. The lowest BCUT2D eigenvalue weighted by atomic mass is 10.1. The second kappa shape index (κ2) is 8.51. The maximum absolute atomic E-state index is 11.9. The Morgan fingerprint density at radius 1 is 1.33 bits per heavy atom. The molecule has 0 atom stereocenters. The molecule has 1 amide bonds. The minimum atomic E-state index is -0.516. The molecule has 6 nitrogen and oxygen atoms in total. The second-order valence-electron chi connectivity index (χ2n) is 4.20. The van der Waals surface area contributed by atoms with Crippen LogP contribution in [0.5, 0.6) is 0 Å². The first-order valence-electron chi connectivity index (χ1n) is 6.33. The maximum atomic E-state index is 11.9. The summed E-state index contributed by atoms with van der Waals surface area (Å²) in [5.74, 6) is -0.564. The van der Waals surface area contributed by atoms with Crippen LogP contribution in [-0.2, 0) is 9.53 Å². The zero-order valence-corrected chi connectivity index (χ0v) is 12.0. The highest BCUT2D eigenvalue weighted by Gasteiger charge is 2.09. The Morgan fingerprint density at radius 2 is 2.00 bits per heavy atom. The zero-order valence-electron chi connectivity index (χ0n) is 12.0. The third-order valence-electron chi connectivity index (χ3n) is 2.61. The van der Waals surface area contributed by atoms with Gasteiger partial charge in [0.15, 0.2) is 5.78 Å². The van der Waals surface area contributed by atoms with E-state index < -0.39 is 5.91 Å². The fraction of sp³-hybridized carbons (Fsp3) is 0.267. The van der Waals surface area contributed by atoms with Gasteiger partial charge < -0.3 is 15.4 Å². The van der Waals surface area contributed by atoms with E-state index >= 15 is 0 Å². The Bertz CT molecular complexity index is 571. The summed E-state index contributed by atoms with van der Waals surface area (Å²) in [5.41, 5.74) is 1.04. The zero-order chi connectivity index (χ0) is 15.7. The SMILES string of the molecule is COCCN/C=C(/C#N)C(=O)Nc1ccc(C(C)=O)cc1. The van der Waals surface area contributed by atoms with Crippen molar-refractivity contribution in [1.29, 1.82) is 5.26 Å². The van der Waals surface area contributed by atoms with Gasteiger partial charge in [-0.25, -0.2) is 0 Å². The molecule has 0 aliphatic heterocycles. The third kappa shape index (κ3) is 5.47. The normalized spacial score (nSPS) is 10.6. The molecular weight excluding hydrogens is 270 g/mol. The summed E-state index contributed by atoms with van der Waals surface area (Å²) >= 11 is 0. The number of amides is 1. The number of nitriles is 1. The van der Waals surface area contributed by atoms with E-state index in [9.17, 15) is 9.59 Å². The highest BCUT2D eigenvalue weighted by atomic mass is 16.5. The van der Waals surface area contributed by atoms with Crippen molar-refractivity contribution in [3.63, 3.8) is 0 Å². The van der Waals surface area contributed by atoms with Crippen molar-refractivity contribution in [3.8, 4) is 6.07 Å². The lowest BCUT2D eigenvalue weighted by Gasteiger charge is -2.05. The van der Waals surface area contributed by atoms with Gasteiger partial charge in [0.25, 0.3) is 5.91 Å². The van der Waals surface area contributed by atoms with Crippen molar-refractivity contribution in [2.45, 2.75) is 6.92 Å². The largest absolute Gasteiger partial charge is 0.387 e. The van der Waals surface area contributed by atoms with Gasteiger partial charge in [0.05, 0.1) is 6.61 Å². The van der Waals surface area contributed by atoms with Gasteiger partial charge in [0.1, 0.15) is 11.6 Å². The van der Waals surface area contributed by atoms with Crippen molar-refractivity contribution in [2.24, 2.45) is 0 Å². The highest BCUT2D eigenvalue weighted by Crippen LogP contribution is 2.11. The molecular formula is C15H17N3O3. The van der Waals surface area contributed by atoms with Crippen LogP contribution in [-0.4, -0.2) is 32.0 Å². The Hall–Kier alpha value is -2.65. The average Bonchev–Trinajstić information content (AvgIpc) is 2.47. The van der Waals surface area contributed by atoms with E-state index in [1.54, 1.807) is 31.4 Å². The molecule has 0 radical (unpaired) electrons. The van der Waals surface area contributed by atoms with Gasteiger partial charge >= 0.3 is 0 Å². The van der Waals surface area contributed by atoms with Gasteiger partial charge in [-0.1, -0.05) is 0 Å². The summed E-state index contributed by atoms with van der Waals surface area (Å²) in [4.78, 5) is 23.0. The van der Waals surface area contributed by atoms with Gasteiger partial charge in [-0.05, 0) is 31.2 Å². The Labute approximate surface area is 123 Å². The summed E-state index contributed by atoms with van der Waals surface area (Å²) in [6, 6.07) is 8.28. The monoisotopic (exact) mass is 287 g/mol. The number of anilines is 1. The Morgan fingerprint density at radius 3 is 2.52 bits per heavy atom. The number of carbonyl (C=O) groups excluding carboxylic acids is 2. The molecule has 0 fully saturated rings. The average molecular weight is 287 g/mol. The minimum absolute atomic E-state index is 0.0400. The van der Waals surface area contributed by atoms with Crippen molar-refractivity contribution in [3.05, 3.63) is 41.6 Å². The first kappa shape index (κ1) is 16.4. The number of carbonyl (C=O) groups is 2. The number of rotatable bonds is 7. The van der Waals surface area contributed by atoms with Crippen molar-refractivity contribution < 1.29 is 14.3 Å². The van der Waals surface area contributed by atoms with E-state index in [-0.39, 0.29) is 11.4 Å². The maximum Gasteiger partial charge on any atom is 0.267 e. The van der Waals surface area contributed by atoms with E-state index in [2.05, 4.69) is 10.6 Å². The molecule has 2 N–H and O–H groups in total. The smallest absolute Gasteiger partial charge is 0.267 e. The van der Waals surface area contributed by atoms with Crippen LogP contribution < -0.4 is 10.6 Å². The first-order chi connectivity index (χ1) is 10.1. The quantitative estimate of drug-likeness (QED) is 0.343. The first-order valence-corrected chi connectivity index (χ1v) is 6.33. The van der Waals surface area contributed by atoms with Gasteiger partial charge in [0.2, 0.25) is 0 Å². The number of ketones is 1. The second-order valence-corrected chi connectivity index (χ2v) is 4.20. The van der Waals surface area contributed by atoms with E-state index in [4.69, 9.17) is 10.00 Å². The van der Waals surface area contributed by atoms with Crippen molar-refractivity contribution >= 4 is 17.4 Å². The summed E-state index contributed by atoms with van der Waals surface area (Å²) in [5, 5.41) is 14.4. The van der Waals surface area contributed by atoms with Crippen LogP contribution in [0.15, 0.2) is 36.0 Å². The lowest BCUT2D eigenvalue weighted by Crippen LogP contribution is -2.18. The third-order valence-corrected chi connectivity index (χ3v) is 2.61. The molecule has 0 saturated carbocycles. The lowest BCUT2D eigenvalue weighted by molar-refractivity contribution is -0.112. The molecule has 0 heterocycles. The number of ether oxygens (including phenoxy) is 1. The van der Waals surface area contributed by atoms with Gasteiger partial charge in [-0.3, -0.25) is 9.59 Å².